The average Bonchev–Trinajstić information content (AvgIpc) is 3.34. The predicted molar refractivity (Wildman–Crippen MR) is 170 cm³/mol. The molecule has 0 saturated heterocycles. The minimum absolute atomic E-state index is 0.234. The molecule has 0 saturated carbocycles. The van der Waals surface area contributed by atoms with E-state index in [9.17, 15) is 4.79 Å². The van der Waals surface area contributed by atoms with Gasteiger partial charge in [-0.2, -0.15) is 4.98 Å². The number of fused-ring (bicyclic) bond motifs is 1. The lowest BCUT2D eigenvalue weighted by molar-refractivity contribution is -0.113. The van der Waals surface area contributed by atoms with Crippen molar-refractivity contribution in [2.75, 3.05) is 23.5 Å². The van der Waals surface area contributed by atoms with E-state index in [1.165, 1.54) is 0 Å². The van der Waals surface area contributed by atoms with Gasteiger partial charge in [-0.25, -0.2) is 4.68 Å². The molecule has 41 heavy (non-hydrogen) atoms. The Morgan fingerprint density at radius 2 is 1.90 bits per heavy atom. The number of ether oxygens (including phenoxy) is 2. The minimum Gasteiger partial charge on any atom is -0.493 e. The summed E-state index contributed by atoms with van der Waals surface area (Å²) in [7, 11) is 1.60. The molecule has 0 fully saturated rings. The van der Waals surface area contributed by atoms with Crippen LogP contribution in [0.1, 0.15) is 36.6 Å². The summed E-state index contributed by atoms with van der Waals surface area (Å²) in [6.07, 6.45) is 0. The number of anilines is 2. The van der Waals surface area contributed by atoms with Gasteiger partial charge in [0.05, 0.1) is 17.2 Å². The Labute approximate surface area is 260 Å². The molecule has 0 aliphatic carbocycles. The number of nitrogens with one attached hydrogen (secondary N) is 2. The molecule has 2 heterocycles. The van der Waals surface area contributed by atoms with Crippen LogP contribution in [0, 0.1) is 6.92 Å². The van der Waals surface area contributed by atoms with Crippen molar-refractivity contribution in [1.29, 1.82) is 0 Å². The van der Waals surface area contributed by atoms with Crippen LogP contribution in [0.15, 0.2) is 86.0 Å². The van der Waals surface area contributed by atoms with Gasteiger partial charge >= 0.3 is 0 Å². The van der Waals surface area contributed by atoms with Gasteiger partial charge in [0.2, 0.25) is 11.1 Å². The van der Waals surface area contributed by atoms with Crippen LogP contribution in [0.3, 0.4) is 0 Å². The fourth-order valence-electron chi connectivity index (χ4n) is 4.62. The van der Waals surface area contributed by atoms with Crippen molar-refractivity contribution in [1.82, 2.24) is 14.8 Å². The van der Waals surface area contributed by atoms with Gasteiger partial charge in [0.25, 0.3) is 5.91 Å². The lowest BCUT2D eigenvalue weighted by atomic mass is 9.94. The number of aryl methyl sites for hydroxylation is 1. The molecule has 1 aliphatic rings. The quantitative estimate of drug-likeness (QED) is 0.173. The van der Waals surface area contributed by atoms with Crippen molar-refractivity contribution in [3.63, 3.8) is 0 Å². The van der Waals surface area contributed by atoms with Crippen molar-refractivity contribution in [2.24, 2.45) is 0 Å². The van der Waals surface area contributed by atoms with Gasteiger partial charge in [-0.1, -0.05) is 58.9 Å². The van der Waals surface area contributed by atoms with E-state index >= 15 is 0 Å². The van der Waals surface area contributed by atoms with Crippen molar-refractivity contribution in [3.05, 3.63) is 97.6 Å². The number of thioether (sulfide) groups is 1. The van der Waals surface area contributed by atoms with Crippen LogP contribution in [0.2, 0.25) is 0 Å². The Balaban J connectivity index is 1.55. The standard InChI is InChI=1S/C30H29Br2N5O3S/c1-5-41-30-35-29-33-18(3)25(28(38)34-22-8-6-7-17(2)13-22)26(37(29)36-30)20-14-23(32)27(24(15-20)39-4)40-16-19-9-11-21(31)12-10-19/h6-15,26H,5,16H2,1-4H3,(H,34,38)(H,33,35,36). The molecule has 1 aliphatic heterocycles. The van der Waals surface area contributed by atoms with Gasteiger partial charge in [0, 0.05) is 15.9 Å². The second-order valence-electron chi connectivity index (χ2n) is 9.43. The summed E-state index contributed by atoms with van der Waals surface area (Å²) >= 11 is 8.71. The second kappa shape index (κ2) is 12.7. The third kappa shape index (κ3) is 6.47. The molecule has 1 aromatic heterocycles. The van der Waals surface area contributed by atoms with Crippen molar-refractivity contribution < 1.29 is 14.3 Å². The second-order valence-corrected chi connectivity index (χ2v) is 12.4. The number of aromatic nitrogens is 3. The lowest BCUT2D eigenvalue weighted by Crippen LogP contribution is -2.31. The van der Waals surface area contributed by atoms with E-state index in [0.29, 0.717) is 45.0 Å². The highest BCUT2D eigenvalue weighted by molar-refractivity contribution is 9.10. The van der Waals surface area contributed by atoms with E-state index in [2.05, 4.69) is 54.4 Å². The van der Waals surface area contributed by atoms with Crippen LogP contribution in [0.5, 0.6) is 11.5 Å². The van der Waals surface area contributed by atoms with Crippen LogP contribution in [-0.4, -0.2) is 33.5 Å². The summed E-state index contributed by atoms with van der Waals surface area (Å²) in [5, 5.41) is 11.8. The van der Waals surface area contributed by atoms with Gasteiger partial charge in [0.1, 0.15) is 12.6 Å². The number of benzene rings is 3. The molecule has 8 nitrogen and oxygen atoms in total. The summed E-state index contributed by atoms with van der Waals surface area (Å²) in [6.45, 7) is 6.28. The van der Waals surface area contributed by atoms with E-state index in [0.717, 1.165) is 32.6 Å². The fourth-order valence-corrected chi connectivity index (χ4v) is 6.01. The zero-order valence-corrected chi connectivity index (χ0v) is 27.0. The van der Waals surface area contributed by atoms with Crippen LogP contribution in [-0.2, 0) is 11.4 Å². The first-order valence-corrected chi connectivity index (χ1v) is 15.5. The van der Waals surface area contributed by atoms with Gasteiger partial charge < -0.3 is 20.1 Å². The normalized spacial score (nSPS) is 14.3. The number of halogens is 2. The maximum Gasteiger partial charge on any atom is 0.255 e. The highest BCUT2D eigenvalue weighted by Gasteiger charge is 2.35. The monoisotopic (exact) mass is 697 g/mol. The number of hydrogen-bond acceptors (Lipinski definition) is 7. The van der Waals surface area contributed by atoms with Crippen molar-refractivity contribution >= 4 is 61.2 Å². The maximum absolute atomic E-state index is 13.9. The van der Waals surface area contributed by atoms with E-state index in [-0.39, 0.29) is 5.91 Å². The predicted octanol–water partition coefficient (Wildman–Crippen LogP) is 7.74. The topological polar surface area (TPSA) is 90.3 Å². The summed E-state index contributed by atoms with van der Waals surface area (Å²) in [5.41, 5.74) is 4.80. The molecular weight excluding hydrogens is 670 g/mol. The van der Waals surface area contributed by atoms with Crippen LogP contribution >= 0.6 is 43.6 Å². The average molecular weight is 699 g/mol. The largest absolute Gasteiger partial charge is 0.493 e. The third-order valence-corrected chi connectivity index (χ3v) is 8.33. The summed E-state index contributed by atoms with van der Waals surface area (Å²) in [4.78, 5) is 18.5. The van der Waals surface area contributed by atoms with Crippen molar-refractivity contribution in [2.45, 2.75) is 38.6 Å². The number of nitrogens with zero attached hydrogens (tertiary/aromatic N) is 3. The molecule has 1 unspecified atom stereocenters. The van der Waals surface area contributed by atoms with Gasteiger partial charge in [0.15, 0.2) is 11.5 Å². The highest BCUT2D eigenvalue weighted by atomic mass is 79.9. The Morgan fingerprint density at radius 3 is 2.61 bits per heavy atom. The summed E-state index contributed by atoms with van der Waals surface area (Å²) in [5.74, 6) is 2.26. The van der Waals surface area contributed by atoms with Crippen LogP contribution < -0.4 is 20.1 Å². The number of methoxy groups -OCH3 is 1. The zero-order chi connectivity index (χ0) is 29.1. The third-order valence-electron chi connectivity index (χ3n) is 6.49. The Kier molecular flexibility index (Phi) is 9.06. The first-order chi connectivity index (χ1) is 19.8. The first kappa shape index (κ1) is 29.2. The number of hydrogen-bond donors (Lipinski definition) is 2. The number of rotatable bonds is 9. The molecule has 212 valence electrons. The number of carbonyl (C=O) groups excluding carboxylic acids is 1. The molecule has 3 aromatic carbocycles. The summed E-state index contributed by atoms with van der Waals surface area (Å²) < 4.78 is 15.4. The molecule has 2 N–H and O–H groups in total. The summed E-state index contributed by atoms with van der Waals surface area (Å²) in [6, 6.07) is 18.9. The van der Waals surface area contributed by atoms with E-state index in [1.807, 2.05) is 74.5 Å². The molecular formula is C30H29Br2N5O3S. The maximum atomic E-state index is 13.9. The first-order valence-electron chi connectivity index (χ1n) is 13.0. The van der Waals surface area contributed by atoms with E-state index in [1.54, 1.807) is 23.6 Å². The van der Waals surface area contributed by atoms with Crippen molar-refractivity contribution in [3.8, 4) is 11.5 Å². The highest BCUT2D eigenvalue weighted by Crippen LogP contribution is 2.43. The Bertz CT molecular complexity index is 1620. The molecule has 5 rings (SSSR count). The SMILES string of the molecule is CCSc1nc2n(n1)C(c1cc(Br)c(OCc3ccc(Br)cc3)c(OC)c1)C(C(=O)Nc1cccc(C)c1)=C(C)N2. The Morgan fingerprint density at radius 1 is 1.12 bits per heavy atom. The van der Waals surface area contributed by atoms with Crippen LogP contribution in [0.4, 0.5) is 11.6 Å². The van der Waals surface area contributed by atoms with Crippen LogP contribution in [0.25, 0.3) is 0 Å². The number of allylic oxidation sites excluding steroid dienone is 1. The van der Waals surface area contributed by atoms with Gasteiger partial charge in [-0.05, 0) is 88.6 Å². The smallest absolute Gasteiger partial charge is 0.255 e. The molecule has 0 spiro atoms. The Hall–Kier alpha value is -3.28. The fraction of sp³-hybridized carbons (Fsp3) is 0.233. The lowest BCUT2D eigenvalue weighted by Gasteiger charge is -2.29. The van der Waals surface area contributed by atoms with E-state index in [4.69, 9.17) is 14.6 Å². The van der Waals surface area contributed by atoms with Gasteiger partial charge in [-0.3, -0.25) is 4.79 Å². The zero-order valence-electron chi connectivity index (χ0n) is 23.0. The van der Waals surface area contributed by atoms with E-state index < -0.39 is 6.04 Å². The molecule has 0 bridgehead atoms. The molecule has 1 atom stereocenters. The molecule has 11 heteroatoms. The minimum atomic E-state index is -0.569. The number of amides is 1. The molecule has 0 radical (unpaired) electrons. The molecule has 1 amide bonds. The molecule has 4 aromatic rings. The number of carbonyl (C=O) groups is 1. The van der Waals surface area contributed by atoms with Gasteiger partial charge in [-0.15, -0.1) is 5.10 Å².